The van der Waals surface area contributed by atoms with Crippen LogP contribution in [0.3, 0.4) is 0 Å². The molecule has 0 bridgehead atoms. The summed E-state index contributed by atoms with van der Waals surface area (Å²) in [5.41, 5.74) is 2.74. The molecule has 1 N–H and O–H groups in total. The molecular formula is C19H22O4. The minimum absolute atomic E-state index is 0.409. The third-order valence-electron chi connectivity index (χ3n) is 3.98. The minimum Gasteiger partial charge on any atom is -0.496 e. The zero-order valence-electron chi connectivity index (χ0n) is 13.7. The van der Waals surface area contributed by atoms with Crippen molar-refractivity contribution in [1.82, 2.24) is 0 Å². The first kappa shape index (κ1) is 16.9. The van der Waals surface area contributed by atoms with E-state index in [9.17, 15) is 9.90 Å². The van der Waals surface area contributed by atoms with Gasteiger partial charge in [-0.15, -0.1) is 0 Å². The molecule has 1 unspecified atom stereocenters. The third kappa shape index (κ3) is 3.83. The summed E-state index contributed by atoms with van der Waals surface area (Å²) in [5.74, 6) is -0.0721. The largest absolute Gasteiger partial charge is 0.496 e. The Hall–Kier alpha value is -2.49. The van der Waals surface area contributed by atoms with Gasteiger partial charge in [-0.05, 0) is 36.1 Å². The van der Waals surface area contributed by atoms with Crippen LogP contribution in [0.5, 0.6) is 11.5 Å². The molecule has 0 saturated carbocycles. The quantitative estimate of drug-likeness (QED) is 0.847. The SMILES string of the molecule is CCc1cc(CC(C(=O)O)c2ccccc2OC)ccc1OC. The highest BCUT2D eigenvalue weighted by molar-refractivity contribution is 5.77. The summed E-state index contributed by atoms with van der Waals surface area (Å²) < 4.78 is 10.6. The molecule has 4 nitrogen and oxygen atoms in total. The standard InChI is InChI=1S/C19H22O4/c1-4-14-11-13(9-10-17(14)22-2)12-16(19(20)21)15-7-5-6-8-18(15)23-3/h5-11,16H,4,12H2,1-3H3,(H,20,21). The van der Waals surface area contributed by atoms with Gasteiger partial charge in [0.2, 0.25) is 0 Å². The van der Waals surface area contributed by atoms with Crippen LogP contribution in [-0.4, -0.2) is 25.3 Å². The molecule has 0 aliphatic heterocycles. The van der Waals surface area contributed by atoms with E-state index in [0.717, 1.165) is 23.3 Å². The second kappa shape index (κ2) is 7.68. The van der Waals surface area contributed by atoms with Gasteiger partial charge < -0.3 is 14.6 Å². The Balaban J connectivity index is 2.35. The Labute approximate surface area is 136 Å². The van der Waals surface area contributed by atoms with Crippen molar-refractivity contribution in [1.29, 1.82) is 0 Å². The van der Waals surface area contributed by atoms with Crippen LogP contribution in [0.15, 0.2) is 42.5 Å². The molecule has 2 rings (SSSR count). The third-order valence-corrected chi connectivity index (χ3v) is 3.98. The average Bonchev–Trinajstić information content (AvgIpc) is 2.59. The van der Waals surface area contributed by atoms with Crippen molar-refractivity contribution < 1.29 is 19.4 Å². The molecule has 0 aromatic heterocycles. The average molecular weight is 314 g/mol. The highest BCUT2D eigenvalue weighted by atomic mass is 16.5. The zero-order chi connectivity index (χ0) is 16.8. The number of benzene rings is 2. The number of hydrogen-bond acceptors (Lipinski definition) is 3. The number of aryl methyl sites for hydroxylation is 1. The van der Waals surface area contributed by atoms with Gasteiger partial charge in [0.1, 0.15) is 11.5 Å². The lowest BCUT2D eigenvalue weighted by molar-refractivity contribution is -0.138. The topological polar surface area (TPSA) is 55.8 Å². The van der Waals surface area contributed by atoms with Gasteiger partial charge in [-0.2, -0.15) is 0 Å². The maximum atomic E-state index is 11.8. The van der Waals surface area contributed by atoms with Gasteiger partial charge in [0, 0.05) is 5.56 Å². The Morgan fingerprint density at radius 1 is 1.09 bits per heavy atom. The van der Waals surface area contributed by atoms with Crippen molar-refractivity contribution >= 4 is 5.97 Å². The van der Waals surface area contributed by atoms with Gasteiger partial charge in [0.25, 0.3) is 0 Å². The van der Waals surface area contributed by atoms with Crippen molar-refractivity contribution in [3.8, 4) is 11.5 Å². The Morgan fingerprint density at radius 3 is 2.39 bits per heavy atom. The van der Waals surface area contributed by atoms with Gasteiger partial charge in [-0.25, -0.2) is 0 Å². The Bertz CT molecular complexity index is 679. The maximum Gasteiger partial charge on any atom is 0.311 e. The van der Waals surface area contributed by atoms with E-state index < -0.39 is 11.9 Å². The van der Waals surface area contributed by atoms with Crippen LogP contribution in [0, 0.1) is 0 Å². The lowest BCUT2D eigenvalue weighted by Gasteiger charge is -2.17. The van der Waals surface area contributed by atoms with Crippen molar-refractivity contribution in [2.75, 3.05) is 14.2 Å². The first-order chi connectivity index (χ1) is 11.1. The van der Waals surface area contributed by atoms with Crippen molar-refractivity contribution in [3.63, 3.8) is 0 Å². The molecule has 4 heteroatoms. The molecule has 122 valence electrons. The number of methoxy groups -OCH3 is 2. The summed E-state index contributed by atoms with van der Waals surface area (Å²) in [6.07, 6.45) is 1.25. The summed E-state index contributed by atoms with van der Waals surface area (Å²) in [5, 5.41) is 9.65. The molecule has 0 spiro atoms. The van der Waals surface area contributed by atoms with Crippen LogP contribution >= 0.6 is 0 Å². The van der Waals surface area contributed by atoms with Crippen LogP contribution in [0.1, 0.15) is 29.5 Å². The van der Waals surface area contributed by atoms with Gasteiger partial charge in [-0.3, -0.25) is 4.79 Å². The first-order valence-electron chi connectivity index (χ1n) is 7.62. The van der Waals surface area contributed by atoms with E-state index in [1.165, 1.54) is 0 Å². The summed E-state index contributed by atoms with van der Waals surface area (Å²) in [7, 11) is 3.20. The number of carboxylic acid groups (broad SMARTS) is 1. The van der Waals surface area contributed by atoms with Crippen LogP contribution < -0.4 is 9.47 Å². The monoisotopic (exact) mass is 314 g/mol. The number of aliphatic carboxylic acids is 1. The number of carboxylic acids is 1. The molecule has 0 fully saturated rings. The fourth-order valence-electron chi connectivity index (χ4n) is 2.76. The predicted molar refractivity (Wildman–Crippen MR) is 89.4 cm³/mol. The van der Waals surface area contributed by atoms with E-state index in [1.54, 1.807) is 20.3 Å². The minimum atomic E-state index is -0.858. The fraction of sp³-hybridized carbons (Fsp3) is 0.316. The molecular weight excluding hydrogens is 292 g/mol. The summed E-state index contributed by atoms with van der Waals surface area (Å²) in [6.45, 7) is 2.05. The molecule has 0 aliphatic rings. The van der Waals surface area contributed by atoms with Gasteiger partial charge in [-0.1, -0.05) is 37.3 Å². The number of carbonyl (C=O) groups is 1. The molecule has 0 saturated heterocycles. The summed E-state index contributed by atoms with van der Waals surface area (Å²) >= 11 is 0. The summed E-state index contributed by atoms with van der Waals surface area (Å²) in [4.78, 5) is 11.8. The van der Waals surface area contributed by atoms with E-state index in [-0.39, 0.29) is 0 Å². The lowest BCUT2D eigenvalue weighted by atomic mass is 9.90. The van der Waals surface area contributed by atoms with Crippen molar-refractivity contribution in [2.24, 2.45) is 0 Å². The fourth-order valence-corrected chi connectivity index (χ4v) is 2.76. The maximum absolute atomic E-state index is 11.8. The van der Waals surface area contributed by atoms with E-state index in [0.29, 0.717) is 17.7 Å². The Morgan fingerprint density at radius 2 is 1.78 bits per heavy atom. The van der Waals surface area contributed by atoms with Crippen LogP contribution in [0.2, 0.25) is 0 Å². The van der Waals surface area contributed by atoms with Crippen LogP contribution in [0.25, 0.3) is 0 Å². The van der Waals surface area contributed by atoms with E-state index in [1.807, 2.05) is 36.4 Å². The normalized spacial score (nSPS) is 11.8. The lowest BCUT2D eigenvalue weighted by Crippen LogP contribution is -2.15. The number of para-hydroxylation sites is 1. The van der Waals surface area contributed by atoms with Crippen LogP contribution in [0.4, 0.5) is 0 Å². The molecule has 1 atom stereocenters. The highest BCUT2D eigenvalue weighted by Gasteiger charge is 2.24. The number of rotatable bonds is 7. The molecule has 0 heterocycles. The first-order valence-corrected chi connectivity index (χ1v) is 7.62. The van der Waals surface area contributed by atoms with Crippen molar-refractivity contribution in [2.45, 2.75) is 25.7 Å². The predicted octanol–water partition coefficient (Wildman–Crippen LogP) is 3.68. The van der Waals surface area contributed by atoms with Gasteiger partial charge in [0.15, 0.2) is 0 Å². The molecule has 2 aromatic rings. The van der Waals surface area contributed by atoms with E-state index >= 15 is 0 Å². The Kier molecular flexibility index (Phi) is 5.63. The van der Waals surface area contributed by atoms with Gasteiger partial charge in [0.05, 0.1) is 20.1 Å². The highest BCUT2D eigenvalue weighted by Crippen LogP contribution is 2.31. The second-order valence-corrected chi connectivity index (χ2v) is 5.34. The molecule has 2 aromatic carbocycles. The van der Waals surface area contributed by atoms with Crippen LogP contribution in [-0.2, 0) is 17.6 Å². The molecule has 0 radical (unpaired) electrons. The van der Waals surface area contributed by atoms with Crippen molar-refractivity contribution in [3.05, 3.63) is 59.2 Å². The van der Waals surface area contributed by atoms with E-state index in [4.69, 9.17) is 9.47 Å². The smallest absolute Gasteiger partial charge is 0.311 e. The van der Waals surface area contributed by atoms with Gasteiger partial charge >= 0.3 is 5.97 Å². The summed E-state index contributed by atoms with van der Waals surface area (Å²) in [6, 6.07) is 13.1. The second-order valence-electron chi connectivity index (χ2n) is 5.34. The van der Waals surface area contributed by atoms with E-state index in [2.05, 4.69) is 6.92 Å². The molecule has 23 heavy (non-hydrogen) atoms. The zero-order valence-corrected chi connectivity index (χ0v) is 13.7. The molecule has 0 amide bonds. The number of ether oxygens (including phenoxy) is 2. The molecule has 0 aliphatic carbocycles. The number of hydrogen-bond donors (Lipinski definition) is 1.